The summed E-state index contributed by atoms with van der Waals surface area (Å²) in [5.41, 5.74) is 1.32. The van der Waals surface area contributed by atoms with E-state index in [1.807, 2.05) is 0 Å². The van der Waals surface area contributed by atoms with E-state index in [2.05, 4.69) is 63.3 Å². The van der Waals surface area contributed by atoms with Gasteiger partial charge in [0.1, 0.15) is 0 Å². The van der Waals surface area contributed by atoms with E-state index >= 15 is 0 Å². The zero-order valence-electron chi connectivity index (χ0n) is 17.6. The quantitative estimate of drug-likeness (QED) is 0.212. The molecule has 0 amide bonds. The van der Waals surface area contributed by atoms with E-state index in [9.17, 15) is 5.11 Å². The summed E-state index contributed by atoms with van der Waals surface area (Å²) in [5.74, 6) is 0. The van der Waals surface area contributed by atoms with Crippen molar-refractivity contribution in [3.63, 3.8) is 0 Å². The molecule has 0 saturated carbocycles. The molecule has 1 N–H and O–H groups in total. The zero-order chi connectivity index (χ0) is 19.1. The average molecular weight is 465 g/mol. The van der Waals surface area contributed by atoms with Crippen molar-refractivity contribution < 1.29 is 5.11 Å². The first-order valence-corrected chi connectivity index (χ1v) is 19.1. The first kappa shape index (κ1) is 23.8. The van der Waals surface area contributed by atoms with E-state index in [0.29, 0.717) is 0 Å². The van der Waals surface area contributed by atoms with E-state index in [1.54, 1.807) is 13.3 Å². The third kappa shape index (κ3) is 10.2. The minimum atomic E-state index is -2.06. The van der Waals surface area contributed by atoms with E-state index < -0.39 is 18.4 Å². The Labute approximate surface area is 167 Å². The molecule has 0 aromatic heterocycles. The van der Waals surface area contributed by atoms with Gasteiger partial charge in [-0.2, -0.15) is 0 Å². The van der Waals surface area contributed by atoms with E-state index in [1.165, 1.54) is 48.5 Å². The molecule has 0 bridgehead atoms. The van der Waals surface area contributed by atoms with Crippen LogP contribution in [0.2, 0.25) is 17.7 Å². The monoisotopic (exact) mass is 466 g/mol. The molecule has 0 aliphatic carbocycles. The maximum absolute atomic E-state index is 10.4. The summed E-state index contributed by atoms with van der Waals surface area (Å²) in [6.07, 6.45) is 14.3. The molecule has 0 aliphatic rings. The van der Waals surface area contributed by atoms with Gasteiger partial charge in [0.15, 0.2) is 0 Å². The molecule has 148 valence electrons. The molecule has 1 atom stereocenters. The number of aryl methyl sites for hydroxylation is 1. The second-order valence-electron chi connectivity index (χ2n) is 8.03. The molecular formula is C24H42OSn. The number of hydrogen-bond acceptors (Lipinski definition) is 1. The fourth-order valence-corrected chi connectivity index (χ4v) is 19.0. The summed E-state index contributed by atoms with van der Waals surface area (Å²) in [7, 11) is 0. The second kappa shape index (κ2) is 14.7. The minimum absolute atomic E-state index is 0.289. The molecule has 2 heteroatoms. The molecule has 1 unspecified atom stereocenters. The Bertz CT molecular complexity index is 447. The number of rotatable bonds is 15. The van der Waals surface area contributed by atoms with Crippen LogP contribution in [-0.2, 0) is 6.42 Å². The van der Waals surface area contributed by atoms with Crippen LogP contribution in [0.25, 0.3) is 0 Å². The molecule has 0 radical (unpaired) electrons. The molecule has 1 aromatic rings. The van der Waals surface area contributed by atoms with Crippen LogP contribution in [0.4, 0.5) is 0 Å². The van der Waals surface area contributed by atoms with Crippen molar-refractivity contribution in [1.29, 1.82) is 0 Å². The average Bonchev–Trinajstić information content (AvgIpc) is 2.68. The standard InChI is InChI=1S/C12H15O.3C4H9.Sn/c1-2-6-12(13)10-9-11-7-4-3-5-8-11;3*1-3-4-2;/h2-8,12-13H,1,9-10H2;3*1,3-4H2,2H3;/b6-2+;;;;. The van der Waals surface area contributed by atoms with Crippen LogP contribution in [0, 0.1) is 0 Å². The Morgan fingerprint density at radius 1 is 0.885 bits per heavy atom. The van der Waals surface area contributed by atoms with Gasteiger partial charge in [-0.25, -0.2) is 0 Å². The summed E-state index contributed by atoms with van der Waals surface area (Å²) in [6.45, 7) is 7.00. The molecule has 0 aliphatic heterocycles. The molecule has 0 saturated heterocycles. The van der Waals surface area contributed by atoms with Crippen molar-refractivity contribution in [3.05, 3.63) is 48.0 Å². The predicted octanol–water partition coefficient (Wildman–Crippen LogP) is 7.39. The molecule has 1 rings (SSSR count). The maximum atomic E-state index is 10.4. The Morgan fingerprint density at radius 2 is 1.42 bits per heavy atom. The molecule has 0 fully saturated rings. The van der Waals surface area contributed by atoms with Gasteiger partial charge >= 0.3 is 168 Å². The van der Waals surface area contributed by atoms with Gasteiger partial charge in [0.05, 0.1) is 0 Å². The SMILES string of the molecule is CCC[CH2][Sn]([CH2]/C=C/C(O)CCc1ccccc1)([CH2]CCC)[CH2]CCC. The summed E-state index contributed by atoms with van der Waals surface area (Å²) in [5, 5.41) is 10.4. The van der Waals surface area contributed by atoms with E-state index in [-0.39, 0.29) is 6.10 Å². The number of aliphatic hydroxyl groups is 1. The first-order valence-electron chi connectivity index (χ1n) is 11.0. The zero-order valence-corrected chi connectivity index (χ0v) is 20.4. The van der Waals surface area contributed by atoms with Crippen molar-refractivity contribution in [2.45, 2.75) is 96.0 Å². The molecule has 26 heavy (non-hydrogen) atoms. The van der Waals surface area contributed by atoms with Crippen LogP contribution < -0.4 is 0 Å². The first-order chi connectivity index (χ1) is 12.7. The number of unbranched alkanes of at least 4 members (excludes halogenated alkanes) is 3. The molecule has 0 heterocycles. The van der Waals surface area contributed by atoms with Gasteiger partial charge in [0.25, 0.3) is 0 Å². The van der Waals surface area contributed by atoms with Gasteiger partial charge in [0, 0.05) is 0 Å². The van der Waals surface area contributed by atoms with E-state index in [0.717, 1.165) is 12.8 Å². The molecular weight excluding hydrogens is 423 g/mol. The summed E-state index contributed by atoms with van der Waals surface area (Å²) in [4.78, 5) is 0. The number of hydrogen-bond donors (Lipinski definition) is 1. The fourth-order valence-electron chi connectivity index (χ4n) is 3.87. The van der Waals surface area contributed by atoms with Crippen molar-refractivity contribution in [2.75, 3.05) is 0 Å². The number of allylic oxidation sites excluding steroid dienone is 1. The van der Waals surface area contributed by atoms with E-state index in [4.69, 9.17) is 0 Å². The van der Waals surface area contributed by atoms with Crippen LogP contribution >= 0.6 is 0 Å². The van der Waals surface area contributed by atoms with Gasteiger partial charge < -0.3 is 0 Å². The predicted molar refractivity (Wildman–Crippen MR) is 120 cm³/mol. The van der Waals surface area contributed by atoms with Crippen LogP contribution in [0.15, 0.2) is 42.5 Å². The van der Waals surface area contributed by atoms with Gasteiger partial charge in [-0.15, -0.1) is 0 Å². The van der Waals surface area contributed by atoms with Gasteiger partial charge in [-0.1, -0.05) is 0 Å². The Morgan fingerprint density at radius 3 is 1.92 bits per heavy atom. The molecule has 1 aromatic carbocycles. The van der Waals surface area contributed by atoms with Gasteiger partial charge in [-0.3, -0.25) is 0 Å². The fraction of sp³-hybridized carbons (Fsp3) is 0.667. The normalized spacial score (nSPS) is 13.4. The topological polar surface area (TPSA) is 20.2 Å². The van der Waals surface area contributed by atoms with Crippen molar-refractivity contribution in [1.82, 2.24) is 0 Å². The Kier molecular flexibility index (Phi) is 13.5. The third-order valence-corrected chi connectivity index (χ3v) is 20.9. The van der Waals surface area contributed by atoms with Gasteiger partial charge in [-0.05, 0) is 0 Å². The number of benzene rings is 1. The van der Waals surface area contributed by atoms with Crippen molar-refractivity contribution in [2.24, 2.45) is 0 Å². The summed E-state index contributed by atoms with van der Waals surface area (Å²) >= 11 is -2.06. The van der Waals surface area contributed by atoms with Crippen molar-refractivity contribution >= 4 is 18.4 Å². The Balaban J connectivity index is 2.58. The number of aliphatic hydroxyl groups excluding tert-OH is 1. The molecule has 1 nitrogen and oxygen atoms in total. The second-order valence-corrected chi connectivity index (χ2v) is 22.0. The molecule has 0 spiro atoms. The van der Waals surface area contributed by atoms with Crippen LogP contribution in [0.3, 0.4) is 0 Å². The summed E-state index contributed by atoms with van der Waals surface area (Å²) < 4.78 is 6.00. The Hall–Kier alpha value is -0.281. The van der Waals surface area contributed by atoms with Crippen LogP contribution in [0.5, 0.6) is 0 Å². The third-order valence-electron chi connectivity index (χ3n) is 5.66. The van der Waals surface area contributed by atoms with Crippen LogP contribution in [0.1, 0.15) is 71.3 Å². The van der Waals surface area contributed by atoms with Gasteiger partial charge in [0.2, 0.25) is 0 Å². The van der Waals surface area contributed by atoms with Crippen LogP contribution in [-0.4, -0.2) is 29.6 Å². The summed E-state index contributed by atoms with van der Waals surface area (Å²) in [6, 6.07) is 10.5. The van der Waals surface area contributed by atoms with Crippen molar-refractivity contribution in [3.8, 4) is 0 Å².